The van der Waals surface area contributed by atoms with Gasteiger partial charge in [0.1, 0.15) is 0 Å². The fourth-order valence-corrected chi connectivity index (χ4v) is 1.94. The van der Waals surface area contributed by atoms with Crippen LogP contribution < -0.4 is 10.6 Å². The minimum atomic E-state index is -4.44. The molecule has 0 atom stereocenters. The summed E-state index contributed by atoms with van der Waals surface area (Å²) in [4.78, 5) is 11.5. The van der Waals surface area contributed by atoms with Crippen molar-refractivity contribution in [3.05, 3.63) is 33.5 Å². The number of halogens is 5. The lowest BCUT2D eigenvalue weighted by Gasteiger charge is -2.12. The van der Waals surface area contributed by atoms with E-state index in [2.05, 4.69) is 41.5 Å². The molecule has 2 rings (SSSR count). The smallest absolute Gasteiger partial charge is 0.357 e. The van der Waals surface area contributed by atoms with Crippen molar-refractivity contribution in [1.82, 2.24) is 15.0 Å². The van der Waals surface area contributed by atoms with E-state index < -0.39 is 11.7 Å². The molecule has 0 unspecified atom stereocenters. The Morgan fingerprint density at radius 2 is 1.81 bits per heavy atom. The molecule has 0 saturated carbocycles. The minimum Gasteiger partial charge on any atom is -0.357 e. The van der Waals surface area contributed by atoms with Gasteiger partial charge >= 0.3 is 6.18 Å². The highest BCUT2D eigenvalue weighted by Crippen LogP contribution is 2.34. The van der Waals surface area contributed by atoms with Crippen molar-refractivity contribution in [2.24, 2.45) is 0 Å². The van der Waals surface area contributed by atoms with E-state index in [0.717, 1.165) is 12.1 Å². The van der Waals surface area contributed by atoms with E-state index >= 15 is 0 Å². The first-order valence-electron chi connectivity index (χ1n) is 5.52. The van der Waals surface area contributed by atoms with Crippen LogP contribution in [0.5, 0.6) is 0 Å². The molecule has 2 N–H and O–H groups in total. The monoisotopic (exact) mass is 381 g/mol. The molecule has 0 aliphatic carbocycles. The molecule has 1 aromatic carbocycles. The third-order valence-electron chi connectivity index (χ3n) is 2.37. The second-order valence-corrected chi connectivity index (χ2v) is 5.01. The molecule has 0 saturated heterocycles. The van der Waals surface area contributed by atoms with Gasteiger partial charge in [-0.15, -0.1) is 0 Å². The highest BCUT2D eigenvalue weighted by Gasteiger charge is 2.31. The average molecular weight is 383 g/mol. The SMILES string of the molecule is CNc1nc(Cl)nc(Nc2cc(C(F)(F)F)ccc2Br)n1. The Hall–Kier alpha value is -1.61. The Kier molecular flexibility index (Phi) is 4.52. The molecule has 0 aliphatic heterocycles. The lowest BCUT2D eigenvalue weighted by molar-refractivity contribution is -0.137. The first-order valence-corrected chi connectivity index (χ1v) is 6.70. The molecule has 0 amide bonds. The summed E-state index contributed by atoms with van der Waals surface area (Å²) in [7, 11) is 1.58. The van der Waals surface area contributed by atoms with Gasteiger partial charge in [0.15, 0.2) is 0 Å². The minimum absolute atomic E-state index is 0.0272. The number of hydrogen-bond donors (Lipinski definition) is 2. The van der Waals surface area contributed by atoms with E-state index in [9.17, 15) is 13.2 Å². The van der Waals surface area contributed by atoms with Crippen LogP contribution in [0.4, 0.5) is 30.8 Å². The molecule has 1 aromatic heterocycles. The summed E-state index contributed by atoms with van der Waals surface area (Å²) in [6.45, 7) is 0. The van der Waals surface area contributed by atoms with E-state index in [4.69, 9.17) is 11.6 Å². The number of alkyl halides is 3. The van der Waals surface area contributed by atoms with E-state index in [1.165, 1.54) is 6.07 Å². The first-order chi connectivity index (χ1) is 9.79. The van der Waals surface area contributed by atoms with Gasteiger partial charge in [-0.05, 0) is 45.7 Å². The molecule has 1 heterocycles. The van der Waals surface area contributed by atoms with Crippen molar-refractivity contribution >= 4 is 45.1 Å². The maximum Gasteiger partial charge on any atom is 0.416 e. The van der Waals surface area contributed by atoms with Crippen molar-refractivity contribution in [1.29, 1.82) is 0 Å². The zero-order valence-electron chi connectivity index (χ0n) is 10.5. The van der Waals surface area contributed by atoms with Crippen LogP contribution in [0.15, 0.2) is 22.7 Å². The van der Waals surface area contributed by atoms with Gasteiger partial charge in [0.05, 0.1) is 11.3 Å². The van der Waals surface area contributed by atoms with Crippen LogP contribution in [-0.4, -0.2) is 22.0 Å². The van der Waals surface area contributed by atoms with Gasteiger partial charge in [-0.25, -0.2) is 0 Å². The van der Waals surface area contributed by atoms with Crippen molar-refractivity contribution in [2.45, 2.75) is 6.18 Å². The maximum atomic E-state index is 12.7. The van der Waals surface area contributed by atoms with Crippen LogP contribution in [0.2, 0.25) is 5.28 Å². The van der Waals surface area contributed by atoms with E-state index in [1.54, 1.807) is 7.05 Å². The molecular formula is C11H8BrClF3N5. The third kappa shape index (κ3) is 3.94. The van der Waals surface area contributed by atoms with Gasteiger partial charge < -0.3 is 10.6 Å². The highest BCUT2D eigenvalue weighted by molar-refractivity contribution is 9.10. The molecule has 5 nitrogen and oxygen atoms in total. The molecule has 0 spiro atoms. The Labute approximate surface area is 131 Å². The Morgan fingerprint density at radius 1 is 1.14 bits per heavy atom. The normalized spacial score (nSPS) is 11.3. The summed E-state index contributed by atoms with van der Waals surface area (Å²) in [6.07, 6.45) is -4.44. The summed E-state index contributed by atoms with van der Waals surface area (Å²) in [5.74, 6) is 0.222. The standard InChI is InChI=1S/C11H8BrClF3N5/c1-17-9-19-8(13)20-10(21-9)18-7-4-5(11(14,15)16)2-3-6(7)12/h2-4H,1H3,(H2,17,18,19,20,21). The van der Waals surface area contributed by atoms with Crippen LogP contribution >= 0.6 is 27.5 Å². The highest BCUT2D eigenvalue weighted by atomic mass is 79.9. The number of nitrogens with one attached hydrogen (secondary N) is 2. The topological polar surface area (TPSA) is 62.7 Å². The second-order valence-electron chi connectivity index (χ2n) is 3.82. The lowest BCUT2D eigenvalue weighted by Crippen LogP contribution is -2.07. The second kappa shape index (κ2) is 6.02. The molecular weight excluding hydrogens is 375 g/mol. The van der Waals surface area contributed by atoms with Crippen LogP contribution in [0.3, 0.4) is 0 Å². The van der Waals surface area contributed by atoms with Crippen molar-refractivity contribution in [3.8, 4) is 0 Å². The molecule has 10 heteroatoms. The molecule has 0 aliphatic rings. The molecule has 0 radical (unpaired) electrons. The number of benzene rings is 1. The van der Waals surface area contributed by atoms with E-state index in [1.807, 2.05) is 0 Å². The summed E-state index contributed by atoms with van der Waals surface area (Å²) < 4.78 is 38.5. The number of hydrogen-bond acceptors (Lipinski definition) is 5. The zero-order valence-corrected chi connectivity index (χ0v) is 12.8. The number of rotatable bonds is 3. The first kappa shape index (κ1) is 15.8. The lowest BCUT2D eigenvalue weighted by atomic mass is 10.2. The zero-order chi connectivity index (χ0) is 15.6. The van der Waals surface area contributed by atoms with Gasteiger partial charge in [0.25, 0.3) is 0 Å². The third-order valence-corrected chi connectivity index (χ3v) is 3.23. The molecule has 0 fully saturated rings. The summed E-state index contributed by atoms with van der Waals surface area (Å²) in [6, 6.07) is 3.20. The van der Waals surface area contributed by atoms with Gasteiger partial charge in [-0.3, -0.25) is 0 Å². The van der Waals surface area contributed by atoms with Crippen LogP contribution in [0, 0.1) is 0 Å². The largest absolute Gasteiger partial charge is 0.416 e. The Balaban J connectivity index is 2.37. The van der Waals surface area contributed by atoms with Crippen LogP contribution in [-0.2, 0) is 6.18 Å². The predicted octanol–water partition coefficient (Wildman–Crippen LogP) is 4.09. The predicted molar refractivity (Wildman–Crippen MR) is 76.8 cm³/mol. The van der Waals surface area contributed by atoms with Crippen molar-refractivity contribution < 1.29 is 13.2 Å². The maximum absolute atomic E-state index is 12.7. The van der Waals surface area contributed by atoms with Crippen molar-refractivity contribution in [2.75, 3.05) is 17.7 Å². The fourth-order valence-electron chi connectivity index (χ4n) is 1.44. The summed E-state index contributed by atoms with van der Waals surface area (Å²) >= 11 is 8.86. The number of nitrogens with zero attached hydrogens (tertiary/aromatic N) is 3. The van der Waals surface area contributed by atoms with E-state index in [-0.39, 0.29) is 22.9 Å². The number of anilines is 3. The molecule has 0 bridgehead atoms. The number of aromatic nitrogens is 3. The fraction of sp³-hybridized carbons (Fsp3) is 0.182. The summed E-state index contributed by atoms with van der Waals surface area (Å²) in [5, 5.41) is 5.25. The average Bonchev–Trinajstić information content (AvgIpc) is 2.39. The van der Waals surface area contributed by atoms with Gasteiger partial charge in [0, 0.05) is 11.5 Å². The van der Waals surface area contributed by atoms with Gasteiger partial charge in [-0.1, -0.05) is 0 Å². The van der Waals surface area contributed by atoms with Crippen LogP contribution in [0.1, 0.15) is 5.56 Å². The molecule has 112 valence electrons. The van der Waals surface area contributed by atoms with Crippen molar-refractivity contribution in [3.63, 3.8) is 0 Å². The van der Waals surface area contributed by atoms with E-state index in [0.29, 0.717) is 4.47 Å². The Bertz CT molecular complexity index is 665. The van der Waals surface area contributed by atoms with Gasteiger partial charge in [-0.2, -0.15) is 28.1 Å². The Morgan fingerprint density at radius 3 is 2.43 bits per heavy atom. The molecule has 2 aromatic rings. The quantitative estimate of drug-likeness (QED) is 0.837. The summed E-state index contributed by atoms with van der Waals surface area (Å²) in [5.41, 5.74) is -0.628. The van der Waals surface area contributed by atoms with Gasteiger partial charge in [0.2, 0.25) is 17.2 Å². The molecule has 21 heavy (non-hydrogen) atoms. The van der Waals surface area contributed by atoms with Crippen LogP contribution in [0.25, 0.3) is 0 Å².